The number of nitrogens with one attached hydrogen (secondary N) is 2. The lowest BCUT2D eigenvalue weighted by Gasteiger charge is -2.21. The number of ether oxygens (including phenoxy) is 1. The van der Waals surface area contributed by atoms with Crippen LogP contribution in [0.15, 0.2) is 36.5 Å². The number of methoxy groups -OCH3 is 1. The maximum atomic E-state index is 12.2. The predicted octanol–water partition coefficient (Wildman–Crippen LogP) is 3.82. The number of nitrogens with zero attached hydrogens (tertiary/aromatic N) is 2. The van der Waals surface area contributed by atoms with Crippen molar-refractivity contribution in [3.8, 4) is 5.75 Å². The Morgan fingerprint density at radius 3 is 2.66 bits per heavy atom. The highest BCUT2D eigenvalue weighted by Gasteiger charge is 2.11. The minimum atomic E-state index is -0.162. The number of amides is 2. The fraction of sp³-hybridized carbons (Fsp3) is 0.478. The number of hydrogen-bond acceptors (Lipinski definition) is 4. The molecule has 1 aromatic carbocycles. The molecule has 2 N–H and O–H groups in total. The first-order chi connectivity index (χ1) is 14.2. The molecule has 1 aliphatic rings. The summed E-state index contributed by atoms with van der Waals surface area (Å²) in [6, 6.07) is 9.97. The third-order valence-electron chi connectivity index (χ3n) is 5.31. The lowest BCUT2D eigenvalue weighted by atomic mass is 10.1. The van der Waals surface area contributed by atoms with Crippen molar-refractivity contribution >= 4 is 11.8 Å². The van der Waals surface area contributed by atoms with Crippen molar-refractivity contribution in [3.63, 3.8) is 0 Å². The van der Waals surface area contributed by atoms with Crippen LogP contribution in [0.4, 0.5) is 10.6 Å². The SMILES string of the molecule is COc1ccc(C)cc1CCNC(=O)NCc1ccnc(N2CCCCCC2)c1. The molecule has 0 atom stereocenters. The van der Waals surface area contributed by atoms with Crippen LogP contribution in [0.25, 0.3) is 0 Å². The van der Waals surface area contributed by atoms with Crippen LogP contribution in [0.2, 0.25) is 0 Å². The molecular formula is C23H32N4O2. The number of aryl methyl sites for hydroxylation is 1. The first-order valence-corrected chi connectivity index (χ1v) is 10.5. The molecule has 1 aromatic heterocycles. The van der Waals surface area contributed by atoms with E-state index in [4.69, 9.17) is 4.74 Å². The summed E-state index contributed by atoms with van der Waals surface area (Å²) in [6.07, 6.45) is 7.60. The Labute approximate surface area is 173 Å². The van der Waals surface area contributed by atoms with Gasteiger partial charge in [-0.25, -0.2) is 9.78 Å². The van der Waals surface area contributed by atoms with Gasteiger partial charge < -0.3 is 20.3 Å². The number of pyridine rings is 1. The highest BCUT2D eigenvalue weighted by atomic mass is 16.5. The largest absolute Gasteiger partial charge is 0.496 e. The molecule has 1 aliphatic heterocycles. The minimum absolute atomic E-state index is 0.162. The quantitative estimate of drug-likeness (QED) is 0.747. The van der Waals surface area contributed by atoms with Crippen LogP contribution in [-0.2, 0) is 13.0 Å². The molecule has 6 nitrogen and oxygen atoms in total. The molecule has 0 spiro atoms. The summed E-state index contributed by atoms with van der Waals surface area (Å²) in [7, 11) is 1.67. The molecule has 1 saturated heterocycles. The first kappa shape index (κ1) is 21.0. The Hall–Kier alpha value is -2.76. The van der Waals surface area contributed by atoms with Gasteiger partial charge in [-0.15, -0.1) is 0 Å². The highest BCUT2D eigenvalue weighted by Crippen LogP contribution is 2.20. The van der Waals surface area contributed by atoms with Crippen molar-refractivity contribution in [1.82, 2.24) is 15.6 Å². The number of carbonyl (C=O) groups excluding carboxylic acids is 1. The van der Waals surface area contributed by atoms with Crippen molar-refractivity contribution in [1.29, 1.82) is 0 Å². The molecule has 156 valence electrons. The molecule has 0 radical (unpaired) electrons. The summed E-state index contributed by atoms with van der Waals surface area (Å²) in [6.45, 7) is 5.22. The van der Waals surface area contributed by atoms with Gasteiger partial charge in [-0.2, -0.15) is 0 Å². The highest BCUT2D eigenvalue weighted by molar-refractivity contribution is 5.73. The van der Waals surface area contributed by atoms with Gasteiger partial charge in [0.25, 0.3) is 0 Å². The molecule has 3 rings (SSSR count). The minimum Gasteiger partial charge on any atom is -0.496 e. The summed E-state index contributed by atoms with van der Waals surface area (Å²) < 4.78 is 5.39. The summed E-state index contributed by atoms with van der Waals surface area (Å²) in [5, 5.41) is 5.87. The van der Waals surface area contributed by atoms with E-state index in [9.17, 15) is 4.79 Å². The van der Waals surface area contributed by atoms with Gasteiger partial charge in [-0.05, 0) is 55.5 Å². The van der Waals surface area contributed by atoms with Gasteiger partial charge in [-0.3, -0.25) is 0 Å². The number of rotatable bonds is 7. The van der Waals surface area contributed by atoms with E-state index in [1.165, 1.54) is 31.2 Å². The van der Waals surface area contributed by atoms with Crippen LogP contribution in [-0.4, -0.2) is 37.8 Å². The van der Waals surface area contributed by atoms with Crippen molar-refractivity contribution in [2.45, 2.75) is 45.6 Å². The van der Waals surface area contributed by atoms with E-state index in [-0.39, 0.29) is 6.03 Å². The van der Waals surface area contributed by atoms with E-state index < -0.39 is 0 Å². The Morgan fingerprint density at radius 1 is 1.10 bits per heavy atom. The van der Waals surface area contributed by atoms with Gasteiger partial charge in [0, 0.05) is 32.4 Å². The summed E-state index contributed by atoms with van der Waals surface area (Å²) in [5.74, 6) is 1.87. The Morgan fingerprint density at radius 2 is 1.90 bits per heavy atom. The normalized spacial score (nSPS) is 14.2. The van der Waals surface area contributed by atoms with Crippen molar-refractivity contribution in [3.05, 3.63) is 53.2 Å². The fourth-order valence-corrected chi connectivity index (χ4v) is 3.70. The van der Waals surface area contributed by atoms with E-state index in [0.29, 0.717) is 13.1 Å². The summed E-state index contributed by atoms with van der Waals surface area (Å²) >= 11 is 0. The van der Waals surface area contributed by atoms with Gasteiger partial charge >= 0.3 is 6.03 Å². The molecule has 2 aromatic rings. The molecule has 2 amide bonds. The zero-order valence-electron chi connectivity index (χ0n) is 17.5. The third-order valence-corrected chi connectivity index (χ3v) is 5.31. The first-order valence-electron chi connectivity index (χ1n) is 10.5. The van der Waals surface area contributed by atoms with Gasteiger partial charge in [-0.1, -0.05) is 30.5 Å². The summed E-state index contributed by atoms with van der Waals surface area (Å²) in [5.41, 5.74) is 3.35. The second kappa shape index (κ2) is 10.7. The number of carbonyl (C=O) groups is 1. The van der Waals surface area contributed by atoms with Crippen LogP contribution in [0.5, 0.6) is 5.75 Å². The predicted molar refractivity (Wildman–Crippen MR) is 117 cm³/mol. The lowest BCUT2D eigenvalue weighted by molar-refractivity contribution is 0.240. The Bertz CT molecular complexity index is 801. The van der Waals surface area contributed by atoms with Crippen LogP contribution >= 0.6 is 0 Å². The van der Waals surface area contributed by atoms with Crippen molar-refractivity contribution in [2.75, 3.05) is 31.6 Å². The van der Waals surface area contributed by atoms with Gasteiger partial charge in [0.2, 0.25) is 0 Å². The fourth-order valence-electron chi connectivity index (χ4n) is 3.70. The maximum Gasteiger partial charge on any atom is 0.315 e. The molecule has 1 fully saturated rings. The van der Waals surface area contributed by atoms with Gasteiger partial charge in [0.15, 0.2) is 0 Å². The second-order valence-corrected chi connectivity index (χ2v) is 7.60. The number of benzene rings is 1. The van der Waals surface area contributed by atoms with Crippen molar-refractivity contribution in [2.24, 2.45) is 0 Å². The molecule has 0 aliphatic carbocycles. The van der Waals surface area contributed by atoms with E-state index >= 15 is 0 Å². The van der Waals surface area contributed by atoms with Crippen LogP contribution in [0.3, 0.4) is 0 Å². The molecule has 0 saturated carbocycles. The smallest absolute Gasteiger partial charge is 0.315 e. The average molecular weight is 397 g/mol. The molecular weight excluding hydrogens is 364 g/mol. The zero-order chi connectivity index (χ0) is 20.5. The average Bonchev–Trinajstić information content (AvgIpc) is 3.02. The Balaban J connectivity index is 1.46. The number of urea groups is 1. The van der Waals surface area contributed by atoms with Crippen LogP contribution in [0, 0.1) is 6.92 Å². The van der Waals surface area contributed by atoms with E-state index in [0.717, 1.165) is 42.2 Å². The zero-order valence-corrected chi connectivity index (χ0v) is 17.5. The Kier molecular flexibility index (Phi) is 7.73. The van der Waals surface area contributed by atoms with Gasteiger partial charge in [0.1, 0.15) is 11.6 Å². The molecule has 0 bridgehead atoms. The topological polar surface area (TPSA) is 66.5 Å². The number of hydrogen-bond donors (Lipinski definition) is 2. The van der Waals surface area contributed by atoms with E-state index in [2.05, 4.69) is 39.6 Å². The standard InChI is InChI=1S/C23H32N4O2/c1-18-7-8-21(29-2)20(15-18)10-12-25-23(28)26-17-19-9-11-24-22(16-19)27-13-5-3-4-6-14-27/h7-9,11,15-16H,3-6,10,12-14,17H2,1-2H3,(H2,25,26,28). The third kappa shape index (κ3) is 6.38. The molecule has 0 unspecified atom stereocenters. The molecule has 29 heavy (non-hydrogen) atoms. The van der Waals surface area contributed by atoms with E-state index in [1.54, 1.807) is 7.11 Å². The monoisotopic (exact) mass is 396 g/mol. The molecule has 6 heteroatoms. The van der Waals surface area contributed by atoms with Crippen LogP contribution in [0.1, 0.15) is 42.4 Å². The molecule has 2 heterocycles. The maximum absolute atomic E-state index is 12.2. The number of anilines is 1. The lowest BCUT2D eigenvalue weighted by Crippen LogP contribution is -2.36. The van der Waals surface area contributed by atoms with Gasteiger partial charge in [0.05, 0.1) is 7.11 Å². The number of aromatic nitrogens is 1. The second-order valence-electron chi connectivity index (χ2n) is 7.60. The van der Waals surface area contributed by atoms with E-state index in [1.807, 2.05) is 24.4 Å². The van der Waals surface area contributed by atoms with Crippen molar-refractivity contribution < 1.29 is 9.53 Å². The summed E-state index contributed by atoms with van der Waals surface area (Å²) in [4.78, 5) is 19.1. The van der Waals surface area contributed by atoms with Crippen LogP contribution < -0.4 is 20.3 Å².